The molecule has 1 rings (SSSR count). The van der Waals surface area contributed by atoms with Crippen LogP contribution in [0.2, 0.25) is 0 Å². The number of esters is 1. The summed E-state index contributed by atoms with van der Waals surface area (Å²) in [6.07, 6.45) is 1.42. The molecule has 0 bridgehead atoms. The lowest BCUT2D eigenvalue weighted by Crippen LogP contribution is -2.37. The number of hydrogen-bond donors (Lipinski definition) is 1. The molecule has 0 radical (unpaired) electrons. The van der Waals surface area contributed by atoms with E-state index in [1.807, 2.05) is 37.3 Å². The summed E-state index contributed by atoms with van der Waals surface area (Å²) in [5.41, 5.74) is 5.02. The third kappa shape index (κ3) is 4.04. The minimum Gasteiger partial charge on any atom is -0.494 e. The van der Waals surface area contributed by atoms with E-state index >= 15 is 0 Å². The summed E-state index contributed by atoms with van der Waals surface area (Å²) in [7, 11) is 1.39. The molecule has 1 atom stereocenters. The lowest BCUT2D eigenvalue weighted by molar-refractivity contribution is -0.151. The highest BCUT2D eigenvalue weighted by atomic mass is 16.5. The van der Waals surface area contributed by atoms with Crippen LogP contribution in [0.5, 0.6) is 5.75 Å². The zero-order chi connectivity index (χ0) is 13.4. The van der Waals surface area contributed by atoms with Gasteiger partial charge >= 0.3 is 5.97 Å². The summed E-state index contributed by atoms with van der Waals surface area (Å²) in [5.74, 6) is 0.578. The summed E-state index contributed by atoms with van der Waals surface area (Å²) in [6, 6.07) is 9.60. The standard InChI is InChI=1S/C14H21NO3/c1-14(11-15,13(16)17-2)9-6-10-18-12-7-4-3-5-8-12/h3-5,7-8H,6,9-11,15H2,1-2H3. The topological polar surface area (TPSA) is 61.5 Å². The zero-order valence-corrected chi connectivity index (χ0v) is 11.0. The van der Waals surface area contributed by atoms with Gasteiger partial charge in [-0.15, -0.1) is 0 Å². The Morgan fingerprint density at radius 1 is 1.33 bits per heavy atom. The van der Waals surface area contributed by atoms with Crippen molar-refractivity contribution in [1.82, 2.24) is 0 Å². The maximum Gasteiger partial charge on any atom is 0.312 e. The number of methoxy groups -OCH3 is 1. The molecule has 1 unspecified atom stereocenters. The van der Waals surface area contributed by atoms with Crippen molar-refractivity contribution in [3.8, 4) is 5.75 Å². The number of benzene rings is 1. The monoisotopic (exact) mass is 251 g/mol. The first-order chi connectivity index (χ1) is 8.62. The molecule has 0 saturated carbocycles. The lowest BCUT2D eigenvalue weighted by atomic mass is 9.86. The largest absolute Gasteiger partial charge is 0.494 e. The van der Waals surface area contributed by atoms with Crippen LogP contribution >= 0.6 is 0 Å². The van der Waals surface area contributed by atoms with E-state index in [1.165, 1.54) is 7.11 Å². The van der Waals surface area contributed by atoms with Gasteiger partial charge in [-0.3, -0.25) is 4.79 Å². The Labute approximate surface area is 108 Å². The van der Waals surface area contributed by atoms with Gasteiger partial charge in [-0.05, 0) is 31.9 Å². The molecule has 0 aromatic heterocycles. The molecule has 4 heteroatoms. The maximum atomic E-state index is 11.6. The first kappa shape index (κ1) is 14.5. The molecule has 0 aliphatic heterocycles. The molecule has 0 fully saturated rings. The van der Waals surface area contributed by atoms with Crippen LogP contribution in [-0.4, -0.2) is 26.2 Å². The summed E-state index contributed by atoms with van der Waals surface area (Å²) >= 11 is 0. The maximum absolute atomic E-state index is 11.6. The highest BCUT2D eigenvalue weighted by molar-refractivity contribution is 5.76. The van der Waals surface area contributed by atoms with Crippen LogP contribution in [0.4, 0.5) is 0 Å². The highest BCUT2D eigenvalue weighted by Crippen LogP contribution is 2.23. The Bertz CT molecular complexity index is 367. The Hall–Kier alpha value is -1.55. The second kappa shape index (κ2) is 7.01. The van der Waals surface area contributed by atoms with E-state index in [2.05, 4.69) is 0 Å². The molecule has 0 heterocycles. The fraction of sp³-hybridized carbons (Fsp3) is 0.500. The summed E-state index contributed by atoms with van der Waals surface area (Å²) in [5, 5.41) is 0. The second-order valence-electron chi connectivity index (χ2n) is 4.52. The van der Waals surface area contributed by atoms with Gasteiger partial charge in [0.15, 0.2) is 0 Å². The van der Waals surface area contributed by atoms with E-state index in [-0.39, 0.29) is 12.5 Å². The van der Waals surface area contributed by atoms with Gasteiger partial charge in [0.05, 0.1) is 19.1 Å². The number of ether oxygens (including phenoxy) is 2. The summed E-state index contributed by atoms with van der Waals surface area (Å²) < 4.78 is 10.3. The SMILES string of the molecule is COC(=O)C(C)(CN)CCCOc1ccccc1. The highest BCUT2D eigenvalue weighted by Gasteiger charge is 2.32. The molecule has 0 saturated heterocycles. The van der Waals surface area contributed by atoms with Crippen LogP contribution in [0.3, 0.4) is 0 Å². The van der Waals surface area contributed by atoms with Gasteiger partial charge in [0.1, 0.15) is 5.75 Å². The zero-order valence-electron chi connectivity index (χ0n) is 11.0. The van der Waals surface area contributed by atoms with E-state index in [9.17, 15) is 4.79 Å². The molecular formula is C14H21NO3. The average Bonchev–Trinajstić information content (AvgIpc) is 2.43. The van der Waals surface area contributed by atoms with E-state index in [4.69, 9.17) is 15.2 Å². The van der Waals surface area contributed by atoms with Crippen LogP contribution in [0.25, 0.3) is 0 Å². The van der Waals surface area contributed by atoms with Gasteiger partial charge in [0, 0.05) is 6.54 Å². The van der Waals surface area contributed by atoms with Crippen molar-refractivity contribution in [2.24, 2.45) is 11.1 Å². The van der Waals surface area contributed by atoms with E-state index in [0.29, 0.717) is 13.0 Å². The molecule has 100 valence electrons. The Morgan fingerprint density at radius 2 is 2.00 bits per heavy atom. The van der Waals surface area contributed by atoms with E-state index < -0.39 is 5.41 Å². The third-order valence-corrected chi connectivity index (χ3v) is 3.01. The molecule has 0 spiro atoms. The molecule has 0 aliphatic carbocycles. The van der Waals surface area contributed by atoms with Crippen molar-refractivity contribution < 1.29 is 14.3 Å². The van der Waals surface area contributed by atoms with Crippen LogP contribution in [-0.2, 0) is 9.53 Å². The van der Waals surface area contributed by atoms with E-state index in [1.54, 1.807) is 0 Å². The Morgan fingerprint density at radius 3 is 2.56 bits per heavy atom. The van der Waals surface area contributed by atoms with E-state index in [0.717, 1.165) is 12.2 Å². The first-order valence-electron chi connectivity index (χ1n) is 6.09. The van der Waals surface area contributed by atoms with Crippen molar-refractivity contribution in [3.05, 3.63) is 30.3 Å². The second-order valence-corrected chi connectivity index (χ2v) is 4.52. The lowest BCUT2D eigenvalue weighted by Gasteiger charge is -2.24. The number of nitrogens with two attached hydrogens (primary N) is 1. The minimum absolute atomic E-state index is 0.260. The number of rotatable bonds is 7. The minimum atomic E-state index is -0.616. The van der Waals surface area contributed by atoms with Crippen molar-refractivity contribution in [2.45, 2.75) is 19.8 Å². The molecule has 1 aromatic carbocycles. The first-order valence-corrected chi connectivity index (χ1v) is 6.09. The van der Waals surface area contributed by atoms with Crippen LogP contribution < -0.4 is 10.5 Å². The van der Waals surface area contributed by atoms with Gasteiger partial charge in [0.25, 0.3) is 0 Å². The fourth-order valence-electron chi connectivity index (χ4n) is 1.70. The van der Waals surface area contributed by atoms with Crippen molar-refractivity contribution in [1.29, 1.82) is 0 Å². The van der Waals surface area contributed by atoms with Gasteiger partial charge in [0.2, 0.25) is 0 Å². The molecule has 0 aliphatic rings. The molecule has 4 nitrogen and oxygen atoms in total. The summed E-state index contributed by atoms with van der Waals surface area (Å²) in [4.78, 5) is 11.6. The predicted molar refractivity (Wildman–Crippen MR) is 70.3 cm³/mol. The van der Waals surface area contributed by atoms with Gasteiger partial charge < -0.3 is 15.2 Å². The number of para-hydroxylation sites is 1. The number of hydrogen-bond acceptors (Lipinski definition) is 4. The quantitative estimate of drug-likeness (QED) is 0.594. The molecule has 2 N–H and O–H groups in total. The molecular weight excluding hydrogens is 230 g/mol. The van der Waals surface area contributed by atoms with Crippen molar-refractivity contribution in [3.63, 3.8) is 0 Å². The average molecular weight is 251 g/mol. The smallest absolute Gasteiger partial charge is 0.312 e. The Balaban J connectivity index is 2.34. The van der Waals surface area contributed by atoms with Gasteiger partial charge in [-0.2, -0.15) is 0 Å². The molecule has 0 amide bonds. The fourth-order valence-corrected chi connectivity index (χ4v) is 1.70. The third-order valence-electron chi connectivity index (χ3n) is 3.01. The Kier molecular flexibility index (Phi) is 5.65. The van der Waals surface area contributed by atoms with Crippen LogP contribution in [0, 0.1) is 5.41 Å². The molecule has 18 heavy (non-hydrogen) atoms. The molecule has 1 aromatic rings. The summed E-state index contributed by atoms with van der Waals surface area (Å²) in [6.45, 7) is 2.67. The van der Waals surface area contributed by atoms with Crippen molar-refractivity contribution >= 4 is 5.97 Å². The number of carbonyl (C=O) groups excluding carboxylic acids is 1. The van der Waals surface area contributed by atoms with Gasteiger partial charge in [-0.1, -0.05) is 18.2 Å². The van der Waals surface area contributed by atoms with Crippen LogP contribution in [0.15, 0.2) is 30.3 Å². The predicted octanol–water partition coefficient (Wildman–Crippen LogP) is 1.98. The number of carbonyl (C=O) groups is 1. The normalized spacial score (nSPS) is 13.7. The van der Waals surface area contributed by atoms with Crippen molar-refractivity contribution in [2.75, 3.05) is 20.3 Å². The van der Waals surface area contributed by atoms with Gasteiger partial charge in [-0.25, -0.2) is 0 Å². The van der Waals surface area contributed by atoms with Crippen LogP contribution in [0.1, 0.15) is 19.8 Å².